The number of halogens is 1. The van der Waals surface area contributed by atoms with E-state index in [1.54, 1.807) is 15.5 Å². The molecule has 4 aromatic rings. The fourth-order valence-corrected chi connectivity index (χ4v) is 4.91. The van der Waals surface area contributed by atoms with Gasteiger partial charge in [0.2, 0.25) is 0 Å². The topological polar surface area (TPSA) is 88.4 Å². The van der Waals surface area contributed by atoms with Crippen molar-refractivity contribution in [1.29, 1.82) is 0 Å². The van der Waals surface area contributed by atoms with Gasteiger partial charge in [0.1, 0.15) is 11.5 Å². The predicted octanol–water partition coefficient (Wildman–Crippen LogP) is 3.23. The van der Waals surface area contributed by atoms with Gasteiger partial charge in [-0.15, -0.1) is 0 Å². The molecule has 200 valence electrons. The lowest BCUT2D eigenvalue weighted by Crippen LogP contribution is -2.47. The van der Waals surface area contributed by atoms with Crippen molar-refractivity contribution in [3.63, 3.8) is 0 Å². The molecule has 0 unspecified atom stereocenters. The van der Waals surface area contributed by atoms with Crippen molar-refractivity contribution in [2.24, 2.45) is 0 Å². The zero-order chi connectivity index (χ0) is 27.4. The summed E-state index contributed by atoms with van der Waals surface area (Å²) < 4.78 is 17.1. The summed E-state index contributed by atoms with van der Waals surface area (Å²) in [6, 6.07) is 22.6. The summed E-state index contributed by atoms with van der Waals surface area (Å²) >= 11 is 0. The van der Waals surface area contributed by atoms with Crippen LogP contribution in [0.2, 0.25) is 0 Å². The monoisotopic (exact) mass is 527 g/mol. The number of nitrogens with one attached hydrogen (secondary N) is 2. The maximum atomic E-state index is 14.1. The van der Waals surface area contributed by atoms with Crippen molar-refractivity contribution in [3.05, 3.63) is 112 Å². The van der Waals surface area contributed by atoms with Crippen LogP contribution in [0.15, 0.2) is 83.7 Å². The number of hydrogen-bond donors (Lipinski definition) is 2. The molecule has 1 fully saturated rings. The Morgan fingerprint density at radius 2 is 1.59 bits per heavy atom. The molecule has 3 aromatic carbocycles. The Hall–Kier alpha value is -4.50. The Balaban J connectivity index is 1.62. The van der Waals surface area contributed by atoms with Gasteiger partial charge in [0.05, 0.1) is 16.9 Å². The highest BCUT2D eigenvalue weighted by molar-refractivity contribution is 5.99. The molecule has 0 bridgehead atoms. The summed E-state index contributed by atoms with van der Waals surface area (Å²) in [6.07, 6.45) is 0. The van der Waals surface area contributed by atoms with Crippen LogP contribution < -0.4 is 16.3 Å². The van der Waals surface area contributed by atoms with Crippen molar-refractivity contribution < 1.29 is 14.0 Å². The van der Waals surface area contributed by atoms with Crippen molar-refractivity contribution in [1.82, 2.24) is 24.7 Å². The van der Waals surface area contributed by atoms with Gasteiger partial charge in [-0.2, -0.15) is 0 Å². The molecule has 1 aliphatic rings. The first-order valence-corrected chi connectivity index (χ1v) is 13.0. The molecular formula is C30H30FN5O3. The molecule has 8 nitrogen and oxygen atoms in total. The average Bonchev–Trinajstić information content (AvgIpc) is 3.25. The number of aryl methyl sites for hydroxylation is 1. The molecule has 1 aliphatic heterocycles. The Labute approximate surface area is 225 Å². The third-order valence-electron chi connectivity index (χ3n) is 6.89. The second-order valence-corrected chi connectivity index (χ2v) is 9.40. The summed E-state index contributed by atoms with van der Waals surface area (Å²) in [5.74, 6) is -1.46. The van der Waals surface area contributed by atoms with E-state index in [0.717, 1.165) is 11.1 Å². The molecule has 39 heavy (non-hydrogen) atoms. The van der Waals surface area contributed by atoms with E-state index in [9.17, 15) is 18.8 Å². The Bertz CT molecular complexity index is 1550. The largest absolute Gasteiger partial charge is 0.350 e. The molecule has 1 aromatic heterocycles. The summed E-state index contributed by atoms with van der Waals surface area (Å²) in [7, 11) is 0. The van der Waals surface area contributed by atoms with Gasteiger partial charge < -0.3 is 15.5 Å². The van der Waals surface area contributed by atoms with E-state index in [4.69, 9.17) is 0 Å². The van der Waals surface area contributed by atoms with Gasteiger partial charge in [-0.3, -0.25) is 18.7 Å². The highest BCUT2D eigenvalue weighted by Crippen LogP contribution is 2.28. The van der Waals surface area contributed by atoms with Crippen LogP contribution >= 0.6 is 0 Å². The molecular weight excluding hydrogens is 497 g/mol. The van der Waals surface area contributed by atoms with Crippen molar-refractivity contribution in [3.8, 4) is 16.9 Å². The number of rotatable bonds is 7. The zero-order valence-electron chi connectivity index (χ0n) is 21.7. The second kappa shape index (κ2) is 11.5. The van der Waals surface area contributed by atoms with E-state index >= 15 is 0 Å². The number of para-hydroxylation sites is 1. The lowest BCUT2D eigenvalue weighted by molar-refractivity contribution is 0.0725. The number of carbonyl (C=O) groups is 2. The minimum Gasteiger partial charge on any atom is -0.350 e. The molecule has 1 saturated heterocycles. The van der Waals surface area contributed by atoms with Crippen LogP contribution in [0.4, 0.5) is 4.39 Å². The van der Waals surface area contributed by atoms with Crippen molar-refractivity contribution >= 4 is 11.8 Å². The van der Waals surface area contributed by atoms with E-state index in [1.165, 1.54) is 22.8 Å². The van der Waals surface area contributed by atoms with Gasteiger partial charge in [-0.1, -0.05) is 60.7 Å². The van der Waals surface area contributed by atoms with Gasteiger partial charge in [-0.05, 0) is 30.7 Å². The van der Waals surface area contributed by atoms with Gasteiger partial charge in [0.15, 0.2) is 0 Å². The molecule has 2 amide bonds. The quantitative estimate of drug-likeness (QED) is 0.386. The van der Waals surface area contributed by atoms with Gasteiger partial charge in [0.25, 0.3) is 11.8 Å². The maximum Gasteiger partial charge on any atom is 0.333 e. The first kappa shape index (κ1) is 26.1. The molecule has 0 radical (unpaired) electrons. The minimum atomic E-state index is -0.626. The molecule has 9 heteroatoms. The lowest BCUT2D eigenvalue weighted by Gasteiger charge is -2.28. The minimum absolute atomic E-state index is 0.0287. The number of aromatic nitrogens is 2. The Kier molecular flexibility index (Phi) is 7.69. The molecule has 0 aliphatic carbocycles. The molecule has 0 spiro atoms. The predicted molar refractivity (Wildman–Crippen MR) is 148 cm³/mol. The van der Waals surface area contributed by atoms with E-state index in [-0.39, 0.29) is 35.9 Å². The maximum absolute atomic E-state index is 14.1. The van der Waals surface area contributed by atoms with E-state index < -0.39 is 11.7 Å². The highest BCUT2D eigenvalue weighted by Gasteiger charge is 2.31. The van der Waals surface area contributed by atoms with Crippen molar-refractivity contribution in [2.45, 2.75) is 13.5 Å². The zero-order valence-corrected chi connectivity index (χ0v) is 21.7. The summed E-state index contributed by atoms with van der Waals surface area (Å²) in [4.78, 5) is 42.5. The highest BCUT2D eigenvalue weighted by atomic mass is 19.1. The molecule has 5 rings (SSSR count). The molecule has 2 heterocycles. The number of piperazine rings is 1. The van der Waals surface area contributed by atoms with Crippen LogP contribution in [-0.4, -0.2) is 58.6 Å². The van der Waals surface area contributed by atoms with Crippen molar-refractivity contribution in [2.75, 3.05) is 32.7 Å². The van der Waals surface area contributed by atoms with Crippen LogP contribution in [0.5, 0.6) is 0 Å². The van der Waals surface area contributed by atoms with Gasteiger partial charge in [-0.25, -0.2) is 9.18 Å². The number of nitrogens with zero attached hydrogens (tertiary/aromatic N) is 3. The van der Waals surface area contributed by atoms with E-state index in [1.807, 2.05) is 61.5 Å². The molecule has 2 N–H and O–H groups in total. The SMILES string of the molecule is Cc1ccccc1-n1c(-c2ccccc2)c(C(=O)N2CCNCC2)n(CCNC(=O)c2ccccc2F)c1=O. The summed E-state index contributed by atoms with van der Waals surface area (Å²) in [5, 5.41) is 5.95. The fourth-order valence-electron chi connectivity index (χ4n) is 4.91. The standard InChI is InChI=1S/C30H30FN5O3/c1-21-9-5-8-14-25(21)36-26(22-10-3-2-4-11-22)27(29(38)34-18-15-32-16-19-34)35(30(36)39)20-17-33-28(37)23-12-6-7-13-24(23)31/h2-14,32H,15-20H2,1H3,(H,33,37). The number of benzene rings is 3. The van der Waals surface area contributed by atoms with Gasteiger partial charge in [0, 0.05) is 44.8 Å². The summed E-state index contributed by atoms with van der Waals surface area (Å²) in [5.41, 5.74) is 2.57. The van der Waals surface area contributed by atoms with Crippen LogP contribution in [-0.2, 0) is 6.54 Å². The lowest BCUT2D eigenvalue weighted by atomic mass is 10.1. The normalized spacial score (nSPS) is 13.3. The van der Waals surface area contributed by atoms with Crippen LogP contribution in [0.25, 0.3) is 16.9 Å². The molecule has 0 atom stereocenters. The Morgan fingerprint density at radius 1 is 0.923 bits per heavy atom. The van der Waals surface area contributed by atoms with Crippen LogP contribution in [0.3, 0.4) is 0 Å². The first-order valence-electron chi connectivity index (χ1n) is 13.0. The van der Waals surface area contributed by atoms with Crippen LogP contribution in [0.1, 0.15) is 26.4 Å². The third-order valence-corrected chi connectivity index (χ3v) is 6.89. The third kappa shape index (κ3) is 5.26. The van der Waals surface area contributed by atoms with Gasteiger partial charge >= 0.3 is 5.69 Å². The number of carbonyl (C=O) groups excluding carboxylic acids is 2. The number of imidazole rings is 1. The second-order valence-electron chi connectivity index (χ2n) is 9.40. The molecule has 0 saturated carbocycles. The number of hydrogen-bond acceptors (Lipinski definition) is 4. The smallest absolute Gasteiger partial charge is 0.333 e. The fraction of sp³-hybridized carbons (Fsp3) is 0.233. The van der Waals surface area contributed by atoms with E-state index in [2.05, 4.69) is 10.6 Å². The van der Waals surface area contributed by atoms with E-state index in [0.29, 0.717) is 37.6 Å². The number of amides is 2. The summed E-state index contributed by atoms with van der Waals surface area (Å²) in [6.45, 7) is 4.33. The first-order chi connectivity index (χ1) is 19.0. The average molecular weight is 528 g/mol. The van der Waals surface area contributed by atoms with Crippen LogP contribution in [0, 0.1) is 12.7 Å². The Morgan fingerprint density at radius 3 is 2.31 bits per heavy atom.